The summed E-state index contributed by atoms with van der Waals surface area (Å²) in [5, 5.41) is 2.93. The Morgan fingerprint density at radius 3 is 2.49 bits per heavy atom. The molecule has 0 saturated carbocycles. The molecule has 0 spiro atoms. The van der Waals surface area contributed by atoms with Gasteiger partial charge in [0.15, 0.2) is 11.5 Å². The highest BCUT2D eigenvalue weighted by atomic mass is 16.5. The first-order valence-corrected chi connectivity index (χ1v) is 12.6. The van der Waals surface area contributed by atoms with E-state index in [4.69, 9.17) is 18.9 Å². The number of hydrogen-bond donors (Lipinski definition) is 1. The van der Waals surface area contributed by atoms with Crippen LogP contribution in [0.3, 0.4) is 0 Å². The van der Waals surface area contributed by atoms with E-state index in [-0.39, 0.29) is 18.0 Å². The number of urea groups is 1. The molecule has 1 unspecified atom stereocenters. The average molecular weight is 513 g/mol. The molecule has 0 bridgehead atoms. The fourth-order valence-electron chi connectivity index (χ4n) is 4.50. The second-order valence-corrected chi connectivity index (χ2v) is 9.01. The highest BCUT2D eigenvalue weighted by molar-refractivity contribution is 5.95. The number of methoxy groups -OCH3 is 2. The molecule has 1 atom stereocenters. The molecule has 0 aliphatic carbocycles. The molecule has 2 saturated heterocycles. The van der Waals surface area contributed by atoms with E-state index in [1.54, 1.807) is 42.2 Å². The minimum absolute atomic E-state index is 0.122. The van der Waals surface area contributed by atoms with E-state index in [1.165, 1.54) is 0 Å². The number of anilines is 1. The molecule has 2 aliphatic heterocycles. The Bertz CT molecular complexity index is 1030. The van der Waals surface area contributed by atoms with Gasteiger partial charge in [-0.15, -0.1) is 0 Å². The summed E-state index contributed by atoms with van der Waals surface area (Å²) in [4.78, 5) is 32.3. The number of benzene rings is 2. The molecule has 10 heteroatoms. The lowest BCUT2D eigenvalue weighted by molar-refractivity contribution is -0.0282. The van der Waals surface area contributed by atoms with E-state index in [2.05, 4.69) is 10.2 Å². The van der Waals surface area contributed by atoms with Crippen molar-refractivity contribution in [2.45, 2.75) is 6.10 Å². The lowest BCUT2D eigenvalue weighted by atomic mass is 10.1. The molecule has 2 fully saturated rings. The van der Waals surface area contributed by atoms with Gasteiger partial charge in [-0.1, -0.05) is 18.2 Å². The summed E-state index contributed by atoms with van der Waals surface area (Å²) in [6.45, 7) is 6.00. The number of nitrogens with zero attached hydrogens (tertiary/aromatic N) is 3. The Morgan fingerprint density at radius 1 is 1.00 bits per heavy atom. The maximum atomic E-state index is 13.7. The quantitative estimate of drug-likeness (QED) is 0.552. The molecule has 2 heterocycles. The Morgan fingerprint density at radius 2 is 1.76 bits per heavy atom. The first-order chi connectivity index (χ1) is 18.1. The normalized spacial score (nSPS) is 18.2. The van der Waals surface area contributed by atoms with Gasteiger partial charge in [-0.05, 0) is 30.3 Å². The van der Waals surface area contributed by atoms with Crippen molar-refractivity contribution in [3.63, 3.8) is 0 Å². The van der Waals surface area contributed by atoms with E-state index in [1.807, 2.05) is 30.3 Å². The molecule has 2 aromatic rings. The fraction of sp³-hybridized carbons (Fsp3) is 0.481. The van der Waals surface area contributed by atoms with Crippen LogP contribution in [0, 0.1) is 0 Å². The summed E-state index contributed by atoms with van der Waals surface area (Å²) >= 11 is 0. The molecule has 10 nitrogen and oxygen atoms in total. The standard InChI is InChI=1S/C27H36N4O6/c1-34-24-9-8-21(18-25(24)35-2)26(32)30(11-10-29-12-15-36-16-13-29)19-23-20-31(14-17-37-23)27(33)28-22-6-4-3-5-7-22/h3-9,18,23H,10-17,19-20H2,1-2H3,(H,28,33). The zero-order chi connectivity index (χ0) is 26.0. The fourth-order valence-corrected chi connectivity index (χ4v) is 4.50. The van der Waals surface area contributed by atoms with Crippen LogP contribution in [0.1, 0.15) is 10.4 Å². The van der Waals surface area contributed by atoms with Crippen molar-refractivity contribution in [1.29, 1.82) is 0 Å². The van der Waals surface area contributed by atoms with Crippen LogP contribution >= 0.6 is 0 Å². The predicted molar refractivity (Wildman–Crippen MR) is 139 cm³/mol. The molecular formula is C27H36N4O6. The van der Waals surface area contributed by atoms with E-state index in [9.17, 15) is 9.59 Å². The smallest absolute Gasteiger partial charge is 0.322 e. The van der Waals surface area contributed by atoms with Crippen molar-refractivity contribution in [3.8, 4) is 11.5 Å². The second-order valence-electron chi connectivity index (χ2n) is 9.01. The van der Waals surface area contributed by atoms with Crippen molar-refractivity contribution in [3.05, 3.63) is 54.1 Å². The highest BCUT2D eigenvalue weighted by Crippen LogP contribution is 2.28. The third kappa shape index (κ3) is 7.34. The first kappa shape index (κ1) is 26.7. The molecule has 2 aliphatic rings. The van der Waals surface area contributed by atoms with E-state index < -0.39 is 0 Å². The largest absolute Gasteiger partial charge is 0.493 e. The van der Waals surface area contributed by atoms with Crippen molar-refractivity contribution < 1.29 is 28.5 Å². The van der Waals surface area contributed by atoms with Crippen LogP contribution in [0.2, 0.25) is 0 Å². The van der Waals surface area contributed by atoms with Gasteiger partial charge in [0.1, 0.15) is 0 Å². The molecule has 37 heavy (non-hydrogen) atoms. The maximum Gasteiger partial charge on any atom is 0.322 e. The molecule has 2 aromatic carbocycles. The summed E-state index contributed by atoms with van der Waals surface area (Å²) < 4.78 is 22.2. The molecule has 200 valence electrons. The molecular weight excluding hydrogens is 476 g/mol. The number of rotatable bonds is 9. The maximum absolute atomic E-state index is 13.7. The number of para-hydroxylation sites is 1. The Kier molecular flexibility index (Phi) is 9.58. The Balaban J connectivity index is 1.44. The minimum atomic E-state index is -0.302. The van der Waals surface area contributed by atoms with Crippen molar-refractivity contribution in [2.75, 3.05) is 85.2 Å². The number of ether oxygens (including phenoxy) is 4. The van der Waals surface area contributed by atoms with Gasteiger partial charge in [0.2, 0.25) is 0 Å². The number of carbonyl (C=O) groups excluding carboxylic acids is 2. The van der Waals surface area contributed by atoms with Gasteiger partial charge >= 0.3 is 6.03 Å². The van der Waals surface area contributed by atoms with Gasteiger partial charge in [0, 0.05) is 50.5 Å². The van der Waals surface area contributed by atoms with Crippen LogP contribution in [-0.4, -0.2) is 113 Å². The summed E-state index contributed by atoms with van der Waals surface area (Å²) in [7, 11) is 3.11. The van der Waals surface area contributed by atoms with Gasteiger partial charge in [-0.25, -0.2) is 4.79 Å². The van der Waals surface area contributed by atoms with Gasteiger partial charge in [0.25, 0.3) is 5.91 Å². The highest BCUT2D eigenvalue weighted by Gasteiger charge is 2.29. The number of nitrogens with one attached hydrogen (secondary N) is 1. The minimum Gasteiger partial charge on any atom is -0.493 e. The van der Waals surface area contributed by atoms with E-state index in [0.29, 0.717) is 63.1 Å². The lowest BCUT2D eigenvalue weighted by Gasteiger charge is -2.36. The van der Waals surface area contributed by atoms with Crippen LogP contribution in [-0.2, 0) is 9.47 Å². The summed E-state index contributed by atoms with van der Waals surface area (Å²) in [6.07, 6.45) is -0.302. The second kappa shape index (κ2) is 13.3. The molecule has 4 rings (SSSR count). The Labute approximate surface area is 218 Å². The summed E-state index contributed by atoms with van der Waals surface area (Å²) in [6, 6.07) is 14.4. The van der Waals surface area contributed by atoms with E-state index in [0.717, 1.165) is 25.3 Å². The predicted octanol–water partition coefficient (Wildman–Crippen LogP) is 2.41. The van der Waals surface area contributed by atoms with Crippen LogP contribution in [0.4, 0.5) is 10.5 Å². The number of amides is 3. The van der Waals surface area contributed by atoms with Crippen molar-refractivity contribution >= 4 is 17.6 Å². The van der Waals surface area contributed by atoms with Crippen LogP contribution in [0.25, 0.3) is 0 Å². The third-order valence-corrected chi connectivity index (χ3v) is 6.58. The van der Waals surface area contributed by atoms with Crippen LogP contribution in [0.15, 0.2) is 48.5 Å². The molecule has 3 amide bonds. The average Bonchev–Trinajstić information content (AvgIpc) is 2.95. The molecule has 0 aromatic heterocycles. The summed E-state index contributed by atoms with van der Waals surface area (Å²) in [5.41, 5.74) is 1.25. The van der Waals surface area contributed by atoms with Gasteiger partial charge in [-0.3, -0.25) is 9.69 Å². The van der Waals surface area contributed by atoms with E-state index >= 15 is 0 Å². The number of carbonyl (C=O) groups is 2. The van der Waals surface area contributed by atoms with Gasteiger partial charge < -0.3 is 34.1 Å². The molecule has 0 radical (unpaired) electrons. The zero-order valence-electron chi connectivity index (χ0n) is 21.6. The monoisotopic (exact) mass is 512 g/mol. The summed E-state index contributed by atoms with van der Waals surface area (Å²) in [5.74, 6) is 0.942. The van der Waals surface area contributed by atoms with Crippen LogP contribution < -0.4 is 14.8 Å². The number of hydrogen-bond acceptors (Lipinski definition) is 7. The Hall–Kier alpha value is -3.34. The zero-order valence-corrected chi connectivity index (χ0v) is 21.6. The first-order valence-electron chi connectivity index (χ1n) is 12.6. The topological polar surface area (TPSA) is 92.8 Å². The number of morpholine rings is 2. The SMILES string of the molecule is COc1ccc(C(=O)N(CCN2CCOCC2)CC2CN(C(=O)Nc3ccccc3)CCO2)cc1OC. The molecule has 1 N–H and O–H groups in total. The van der Waals surface area contributed by atoms with Crippen molar-refractivity contribution in [2.24, 2.45) is 0 Å². The van der Waals surface area contributed by atoms with Gasteiger partial charge in [-0.2, -0.15) is 0 Å². The third-order valence-electron chi connectivity index (χ3n) is 6.58. The lowest BCUT2D eigenvalue weighted by Crippen LogP contribution is -2.52. The van der Waals surface area contributed by atoms with Crippen molar-refractivity contribution in [1.82, 2.24) is 14.7 Å². The van der Waals surface area contributed by atoms with Gasteiger partial charge in [0.05, 0.1) is 46.7 Å². The van der Waals surface area contributed by atoms with Crippen LogP contribution in [0.5, 0.6) is 11.5 Å².